The first-order valence-corrected chi connectivity index (χ1v) is 9.24. The second-order valence-electron chi connectivity index (χ2n) is 7.02. The summed E-state index contributed by atoms with van der Waals surface area (Å²) in [6.45, 7) is 2.09. The van der Waals surface area contributed by atoms with Gasteiger partial charge in [-0.25, -0.2) is 13.8 Å². The van der Waals surface area contributed by atoms with Gasteiger partial charge in [-0.1, -0.05) is 30.3 Å². The number of hydrogen-bond acceptors (Lipinski definition) is 3. The summed E-state index contributed by atoms with van der Waals surface area (Å²) >= 11 is 0. The Balaban J connectivity index is 1.64. The zero-order valence-electron chi connectivity index (χ0n) is 14.9. The van der Waals surface area contributed by atoms with Gasteiger partial charge in [-0.15, -0.1) is 0 Å². The average Bonchev–Trinajstić information content (AvgIpc) is 3.32. The number of carbonyl (C=O) groups excluding carboxylic acids is 1. The van der Waals surface area contributed by atoms with E-state index in [1.165, 1.54) is 23.2 Å². The number of hydrogen-bond donors (Lipinski definition) is 0. The molecule has 0 saturated carbocycles. The smallest absolute Gasteiger partial charge is 0.257 e. The molecule has 0 bridgehead atoms. The molecule has 1 saturated heterocycles. The topological polar surface area (TPSA) is 35.9 Å². The van der Waals surface area contributed by atoms with Crippen molar-refractivity contribution in [2.45, 2.75) is 25.3 Å². The van der Waals surface area contributed by atoms with E-state index < -0.39 is 6.04 Å². The van der Waals surface area contributed by atoms with Gasteiger partial charge in [0.1, 0.15) is 11.6 Å². The van der Waals surface area contributed by atoms with Crippen LogP contribution in [0.2, 0.25) is 0 Å². The van der Waals surface area contributed by atoms with Crippen molar-refractivity contribution in [3.05, 3.63) is 71.3 Å². The van der Waals surface area contributed by atoms with Crippen molar-refractivity contribution in [1.82, 2.24) is 9.91 Å². The Morgan fingerprint density at radius 2 is 1.74 bits per heavy atom. The molecule has 2 aromatic carbocycles. The van der Waals surface area contributed by atoms with Crippen LogP contribution < -0.4 is 0 Å². The van der Waals surface area contributed by atoms with Gasteiger partial charge in [-0.05, 0) is 49.7 Å². The van der Waals surface area contributed by atoms with Crippen LogP contribution in [0.15, 0.2) is 53.6 Å². The number of nitrogens with zero attached hydrogens (tertiary/aromatic N) is 3. The number of likely N-dealkylation sites (tertiary alicyclic amines) is 1. The van der Waals surface area contributed by atoms with Gasteiger partial charge in [0.2, 0.25) is 0 Å². The summed E-state index contributed by atoms with van der Waals surface area (Å²) in [4.78, 5) is 15.0. The van der Waals surface area contributed by atoms with Crippen LogP contribution in [0.25, 0.3) is 0 Å². The monoisotopic (exact) mass is 369 g/mol. The molecule has 27 heavy (non-hydrogen) atoms. The first-order valence-electron chi connectivity index (χ1n) is 9.24. The molecule has 4 nitrogen and oxygen atoms in total. The first kappa shape index (κ1) is 17.8. The second kappa shape index (κ2) is 7.56. The second-order valence-corrected chi connectivity index (χ2v) is 7.02. The van der Waals surface area contributed by atoms with Gasteiger partial charge in [0.25, 0.3) is 5.91 Å². The van der Waals surface area contributed by atoms with Crippen LogP contribution in [0, 0.1) is 11.6 Å². The normalized spacial score (nSPS) is 20.1. The van der Waals surface area contributed by atoms with Crippen LogP contribution in [0.1, 0.15) is 36.4 Å². The Labute approximate surface area is 157 Å². The minimum atomic E-state index is -0.485. The molecule has 1 atom stereocenters. The van der Waals surface area contributed by atoms with Crippen LogP contribution >= 0.6 is 0 Å². The van der Waals surface area contributed by atoms with Crippen molar-refractivity contribution in [2.24, 2.45) is 5.10 Å². The van der Waals surface area contributed by atoms with E-state index in [0.717, 1.165) is 31.5 Å². The third-order valence-electron chi connectivity index (χ3n) is 5.17. The third kappa shape index (κ3) is 3.76. The van der Waals surface area contributed by atoms with E-state index in [-0.39, 0.29) is 24.1 Å². The van der Waals surface area contributed by atoms with Crippen molar-refractivity contribution in [2.75, 3.05) is 19.6 Å². The van der Waals surface area contributed by atoms with Gasteiger partial charge in [-0.2, -0.15) is 5.10 Å². The minimum absolute atomic E-state index is 0.137. The predicted octanol–water partition coefficient (Wildman–Crippen LogP) is 3.74. The lowest BCUT2D eigenvalue weighted by molar-refractivity contribution is -0.134. The fourth-order valence-corrected chi connectivity index (χ4v) is 3.75. The summed E-state index contributed by atoms with van der Waals surface area (Å²) < 4.78 is 27.7. The molecule has 2 aliphatic rings. The zero-order chi connectivity index (χ0) is 18.8. The maximum absolute atomic E-state index is 14.4. The van der Waals surface area contributed by atoms with E-state index in [0.29, 0.717) is 17.7 Å². The first-order chi connectivity index (χ1) is 13.1. The van der Waals surface area contributed by atoms with Gasteiger partial charge in [0.05, 0.1) is 18.3 Å². The number of benzene rings is 2. The Bertz CT molecular complexity index is 860. The molecule has 0 aliphatic carbocycles. The lowest BCUT2D eigenvalue weighted by Gasteiger charge is -2.24. The van der Waals surface area contributed by atoms with E-state index in [4.69, 9.17) is 0 Å². The zero-order valence-corrected chi connectivity index (χ0v) is 14.9. The van der Waals surface area contributed by atoms with Gasteiger partial charge in [-0.3, -0.25) is 9.69 Å². The van der Waals surface area contributed by atoms with Crippen LogP contribution in [0.4, 0.5) is 8.78 Å². The Morgan fingerprint density at radius 3 is 2.44 bits per heavy atom. The van der Waals surface area contributed by atoms with Gasteiger partial charge in [0.15, 0.2) is 0 Å². The Hall–Kier alpha value is -2.60. The largest absolute Gasteiger partial charge is 0.294 e. The summed E-state index contributed by atoms with van der Waals surface area (Å²) in [6.07, 6.45) is 2.58. The van der Waals surface area contributed by atoms with Crippen LogP contribution in [-0.4, -0.2) is 41.2 Å². The molecule has 6 heteroatoms. The molecular weight excluding hydrogens is 348 g/mol. The van der Waals surface area contributed by atoms with E-state index in [1.807, 2.05) is 0 Å². The number of carbonyl (C=O) groups is 1. The maximum Gasteiger partial charge on any atom is 0.257 e. The van der Waals surface area contributed by atoms with E-state index in [2.05, 4.69) is 10.0 Å². The standard InChI is InChI=1S/C21H21F2N3O/c22-16-9-7-15(8-10-16)19-13-20(17-5-1-2-6-18(17)23)26(24-19)21(27)14-25-11-3-4-12-25/h1-2,5-10,20H,3-4,11-14H2. The molecule has 140 valence electrons. The van der Waals surface area contributed by atoms with Crippen molar-refractivity contribution in [1.29, 1.82) is 0 Å². The Morgan fingerprint density at radius 1 is 1.04 bits per heavy atom. The van der Waals surface area contributed by atoms with Crippen LogP contribution in [0.5, 0.6) is 0 Å². The van der Waals surface area contributed by atoms with Crippen LogP contribution in [0.3, 0.4) is 0 Å². The molecule has 0 aromatic heterocycles. The number of rotatable bonds is 4. The molecule has 1 unspecified atom stereocenters. The minimum Gasteiger partial charge on any atom is -0.294 e. The number of amides is 1. The predicted molar refractivity (Wildman–Crippen MR) is 99.2 cm³/mol. The highest BCUT2D eigenvalue weighted by Gasteiger charge is 2.35. The number of halogens is 2. The molecule has 2 heterocycles. The van der Waals surface area contributed by atoms with Crippen molar-refractivity contribution in [3.63, 3.8) is 0 Å². The SMILES string of the molecule is O=C(CN1CCCC1)N1N=C(c2ccc(F)cc2)CC1c1ccccc1F. The highest BCUT2D eigenvalue weighted by molar-refractivity contribution is 6.03. The summed E-state index contributed by atoms with van der Waals surface area (Å²) in [5, 5.41) is 5.93. The Kier molecular flexibility index (Phi) is 4.99. The van der Waals surface area contributed by atoms with E-state index in [1.54, 1.807) is 30.3 Å². The average molecular weight is 369 g/mol. The molecule has 0 spiro atoms. The molecule has 1 fully saturated rings. The van der Waals surface area contributed by atoms with Crippen LogP contribution in [-0.2, 0) is 4.79 Å². The summed E-state index contributed by atoms with van der Waals surface area (Å²) in [7, 11) is 0. The molecule has 2 aromatic rings. The van der Waals surface area contributed by atoms with Gasteiger partial charge >= 0.3 is 0 Å². The number of hydrazone groups is 1. The fourth-order valence-electron chi connectivity index (χ4n) is 3.75. The highest BCUT2D eigenvalue weighted by atomic mass is 19.1. The molecule has 1 amide bonds. The highest BCUT2D eigenvalue weighted by Crippen LogP contribution is 2.34. The molecule has 2 aliphatic heterocycles. The van der Waals surface area contributed by atoms with Gasteiger partial charge in [0, 0.05) is 12.0 Å². The van der Waals surface area contributed by atoms with E-state index >= 15 is 0 Å². The molecule has 4 rings (SSSR count). The summed E-state index contributed by atoms with van der Waals surface area (Å²) in [5.74, 6) is -0.815. The van der Waals surface area contributed by atoms with Gasteiger partial charge < -0.3 is 0 Å². The fraction of sp³-hybridized carbons (Fsp3) is 0.333. The lowest BCUT2D eigenvalue weighted by Crippen LogP contribution is -2.37. The third-order valence-corrected chi connectivity index (χ3v) is 5.17. The van der Waals surface area contributed by atoms with Crippen molar-refractivity contribution >= 4 is 11.6 Å². The van der Waals surface area contributed by atoms with Crippen molar-refractivity contribution < 1.29 is 13.6 Å². The maximum atomic E-state index is 14.4. The molecule has 0 N–H and O–H groups in total. The lowest BCUT2D eigenvalue weighted by atomic mass is 9.98. The molecule has 0 radical (unpaired) electrons. The summed E-state index contributed by atoms with van der Waals surface area (Å²) in [6, 6.07) is 12.0. The molecular formula is C21H21F2N3O. The van der Waals surface area contributed by atoms with E-state index in [9.17, 15) is 13.6 Å². The van der Waals surface area contributed by atoms with Crippen molar-refractivity contribution in [3.8, 4) is 0 Å². The quantitative estimate of drug-likeness (QED) is 0.823. The summed E-state index contributed by atoms with van der Waals surface area (Å²) in [5.41, 5.74) is 1.86.